The van der Waals surface area contributed by atoms with Crippen LogP contribution in [0.1, 0.15) is 11.3 Å². The SMILES string of the molecule is CNCc1c(S(=O)(=O)Nc2ccc(F)c(Cl)c2)n[nH]c1C. The predicted molar refractivity (Wildman–Crippen MR) is 78.3 cm³/mol. The Balaban J connectivity index is 2.36. The Morgan fingerprint density at radius 3 is 2.76 bits per heavy atom. The summed E-state index contributed by atoms with van der Waals surface area (Å²) in [5.74, 6) is -0.619. The van der Waals surface area contributed by atoms with Gasteiger partial charge in [-0.3, -0.25) is 9.82 Å². The monoisotopic (exact) mass is 332 g/mol. The summed E-state index contributed by atoms with van der Waals surface area (Å²) < 4.78 is 40.1. The molecule has 0 aliphatic carbocycles. The Morgan fingerprint density at radius 1 is 1.43 bits per heavy atom. The first kappa shape index (κ1) is 15.7. The lowest BCUT2D eigenvalue weighted by Crippen LogP contribution is -2.17. The molecule has 1 heterocycles. The third-order valence-corrected chi connectivity index (χ3v) is 4.46. The number of nitrogens with zero attached hydrogens (tertiary/aromatic N) is 1. The highest BCUT2D eigenvalue weighted by Crippen LogP contribution is 2.23. The molecule has 0 spiro atoms. The lowest BCUT2D eigenvalue weighted by Gasteiger charge is -2.08. The average Bonchev–Trinajstić information content (AvgIpc) is 2.77. The first-order valence-corrected chi connectivity index (χ1v) is 7.87. The van der Waals surface area contributed by atoms with E-state index >= 15 is 0 Å². The zero-order chi connectivity index (χ0) is 15.6. The van der Waals surface area contributed by atoms with E-state index in [2.05, 4.69) is 20.2 Å². The summed E-state index contributed by atoms with van der Waals surface area (Å²) in [6, 6.07) is 3.58. The number of anilines is 1. The summed E-state index contributed by atoms with van der Waals surface area (Å²) in [6.07, 6.45) is 0. The number of hydrogen-bond donors (Lipinski definition) is 3. The second-order valence-corrected chi connectivity index (χ2v) is 6.40. The summed E-state index contributed by atoms with van der Waals surface area (Å²) in [5.41, 5.74) is 1.36. The summed E-state index contributed by atoms with van der Waals surface area (Å²) in [6.45, 7) is 2.08. The quantitative estimate of drug-likeness (QED) is 0.782. The molecule has 0 radical (unpaired) electrons. The molecule has 0 amide bonds. The van der Waals surface area contributed by atoms with Crippen molar-refractivity contribution in [1.29, 1.82) is 0 Å². The maximum absolute atomic E-state index is 13.1. The Bertz CT molecular complexity index is 761. The molecule has 0 atom stereocenters. The van der Waals surface area contributed by atoms with Crippen molar-refractivity contribution in [1.82, 2.24) is 15.5 Å². The van der Waals surface area contributed by atoms with Crippen molar-refractivity contribution >= 4 is 27.3 Å². The molecule has 21 heavy (non-hydrogen) atoms. The number of H-pyrrole nitrogens is 1. The van der Waals surface area contributed by atoms with E-state index in [1.807, 2.05) is 0 Å². The molecule has 0 bridgehead atoms. The van der Waals surface area contributed by atoms with Gasteiger partial charge in [-0.25, -0.2) is 4.39 Å². The molecule has 0 aliphatic heterocycles. The fourth-order valence-electron chi connectivity index (χ4n) is 1.80. The van der Waals surface area contributed by atoms with Crippen molar-refractivity contribution in [3.8, 4) is 0 Å². The van der Waals surface area contributed by atoms with E-state index in [4.69, 9.17) is 11.6 Å². The third-order valence-electron chi connectivity index (χ3n) is 2.82. The lowest BCUT2D eigenvalue weighted by atomic mass is 10.3. The Kier molecular flexibility index (Phi) is 4.50. The smallest absolute Gasteiger partial charge is 0.281 e. The minimum absolute atomic E-state index is 0.102. The minimum Gasteiger partial charge on any atom is -0.316 e. The fraction of sp³-hybridized carbons (Fsp3) is 0.250. The van der Waals surface area contributed by atoms with Gasteiger partial charge in [0.05, 0.1) is 10.7 Å². The van der Waals surface area contributed by atoms with Gasteiger partial charge in [-0.15, -0.1) is 0 Å². The summed E-state index contributed by atoms with van der Waals surface area (Å²) >= 11 is 5.63. The lowest BCUT2D eigenvalue weighted by molar-refractivity contribution is 0.594. The van der Waals surface area contributed by atoms with Gasteiger partial charge in [-0.1, -0.05) is 11.6 Å². The maximum atomic E-state index is 13.1. The molecule has 2 rings (SSSR count). The van der Waals surface area contributed by atoms with Gasteiger partial charge in [-0.05, 0) is 32.2 Å². The van der Waals surface area contributed by atoms with Crippen LogP contribution in [0.15, 0.2) is 23.2 Å². The zero-order valence-corrected chi connectivity index (χ0v) is 12.9. The largest absolute Gasteiger partial charge is 0.316 e. The topological polar surface area (TPSA) is 86.9 Å². The van der Waals surface area contributed by atoms with Crippen LogP contribution in [0.3, 0.4) is 0 Å². The van der Waals surface area contributed by atoms with Crippen LogP contribution >= 0.6 is 11.6 Å². The van der Waals surface area contributed by atoms with Gasteiger partial charge in [0.15, 0.2) is 0 Å². The van der Waals surface area contributed by atoms with Gasteiger partial charge >= 0.3 is 0 Å². The molecule has 1 aromatic heterocycles. The second kappa shape index (κ2) is 6.00. The molecule has 0 saturated heterocycles. The summed E-state index contributed by atoms with van der Waals surface area (Å²) in [7, 11) is -2.18. The highest BCUT2D eigenvalue weighted by molar-refractivity contribution is 7.92. The van der Waals surface area contributed by atoms with E-state index in [-0.39, 0.29) is 15.7 Å². The zero-order valence-electron chi connectivity index (χ0n) is 11.4. The highest BCUT2D eigenvalue weighted by Gasteiger charge is 2.23. The van der Waals surface area contributed by atoms with Crippen LogP contribution in [-0.4, -0.2) is 25.7 Å². The van der Waals surface area contributed by atoms with Crippen molar-refractivity contribution < 1.29 is 12.8 Å². The van der Waals surface area contributed by atoms with Crippen LogP contribution in [0.4, 0.5) is 10.1 Å². The number of benzene rings is 1. The normalized spacial score (nSPS) is 11.6. The molecular weight excluding hydrogens is 319 g/mol. The van der Waals surface area contributed by atoms with E-state index in [0.29, 0.717) is 17.8 Å². The summed E-state index contributed by atoms with van der Waals surface area (Å²) in [5, 5.41) is 9.07. The van der Waals surface area contributed by atoms with Gasteiger partial charge in [-0.2, -0.15) is 13.5 Å². The summed E-state index contributed by atoms with van der Waals surface area (Å²) in [4.78, 5) is 0. The fourth-order valence-corrected chi connectivity index (χ4v) is 3.23. The van der Waals surface area contributed by atoms with Crippen LogP contribution in [0.2, 0.25) is 5.02 Å². The van der Waals surface area contributed by atoms with Crippen molar-refractivity contribution in [2.75, 3.05) is 11.8 Å². The van der Waals surface area contributed by atoms with E-state index in [9.17, 15) is 12.8 Å². The molecule has 1 aromatic carbocycles. The number of hydrogen-bond acceptors (Lipinski definition) is 4. The van der Waals surface area contributed by atoms with Gasteiger partial charge in [0.2, 0.25) is 5.03 Å². The average molecular weight is 333 g/mol. The molecule has 2 aromatic rings. The first-order chi connectivity index (χ1) is 9.85. The second-order valence-electron chi connectivity index (χ2n) is 4.40. The van der Waals surface area contributed by atoms with Crippen LogP contribution in [0.25, 0.3) is 0 Å². The van der Waals surface area contributed by atoms with Crippen LogP contribution in [0, 0.1) is 12.7 Å². The van der Waals surface area contributed by atoms with Crippen LogP contribution in [-0.2, 0) is 16.6 Å². The number of aromatic nitrogens is 2. The molecule has 0 unspecified atom stereocenters. The van der Waals surface area contributed by atoms with Gasteiger partial charge in [0, 0.05) is 17.8 Å². The van der Waals surface area contributed by atoms with E-state index in [1.54, 1.807) is 14.0 Å². The van der Waals surface area contributed by atoms with Gasteiger partial charge in [0.25, 0.3) is 10.0 Å². The molecule has 0 aliphatic rings. The van der Waals surface area contributed by atoms with Crippen molar-refractivity contribution in [2.24, 2.45) is 0 Å². The number of nitrogens with one attached hydrogen (secondary N) is 3. The number of aryl methyl sites for hydroxylation is 1. The predicted octanol–water partition coefficient (Wildman–Crippen LogP) is 2.03. The molecule has 0 saturated carbocycles. The number of sulfonamides is 1. The first-order valence-electron chi connectivity index (χ1n) is 6.01. The minimum atomic E-state index is -3.89. The Morgan fingerprint density at radius 2 is 2.14 bits per heavy atom. The molecule has 9 heteroatoms. The third kappa shape index (κ3) is 3.34. The number of aromatic amines is 1. The van der Waals surface area contributed by atoms with E-state index in [0.717, 1.165) is 6.07 Å². The van der Waals surface area contributed by atoms with Crippen LogP contribution in [0.5, 0.6) is 0 Å². The molecule has 114 valence electrons. The van der Waals surface area contributed by atoms with E-state index < -0.39 is 15.8 Å². The molecule has 0 fully saturated rings. The number of rotatable bonds is 5. The van der Waals surface area contributed by atoms with Gasteiger partial charge < -0.3 is 5.32 Å². The molecule has 6 nitrogen and oxygen atoms in total. The highest BCUT2D eigenvalue weighted by atomic mass is 35.5. The van der Waals surface area contributed by atoms with Crippen molar-refractivity contribution in [3.05, 3.63) is 40.3 Å². The molecular formula is C12H14ClFN4O2S. The van der Waals surface area contributed by atoms with Gasteiger partial charge in [0.1, 0.15) is 5.82 Å². The maximum Gasteiger partial charge on any atom is 0.281 e. The number of halogens is 2. The van der Waals surface area contributed by atoms with Crippen molar-refractivity contribution in [2.45, 2.75) is 18.5 Å². The van der Waals surface area contributed by atoms with Crippen LogP contribution < -0.4 is 10.0 Å². The van der Waals surface area contributed by atoms with Crippen molar-refractivity contribution in [3.63, 3.8) is 0 Å². The standard InChI is InChI=1S/C12H14ClFN4O2S/c1-7-9(6-15-2)12(17-16-7)21(19,20)18-8-3-4-11(14)10(13)5-8/h3-5,15,18H,6H2,1-2H3,(H,16,17). The van der Waals surface area contributed by atoms with E-state index in [1.165, 1.54) is 12.1 Å². The Hall–Kier alpha value is -1.64. The Labute approximate surface area is 126 Å². The molecule has 3 N–H and O–H groups in total.